The number of ether oxygens (including phenoxy) is 1. The van der Waals surface area contributed by atoms with Gasteiger partial charge in [-0.1, -0.05) is 24.1 Å². The van der Waals surface area contributed by atoms with E-state index in [-0.39, 0.29) is 0 Å². The number of nitrogens with zero attached hydrogens (tertiary/aromatic N) is 1. The van der Waals surface area contributed by atoms with E-state index >= 15 is 0 Å². The Morgan fingerprint density at radius 3 is 2.94 bits per heavy atom. The van der Waals surface area contributed by atoms with Crippen LogP contribution in [0.5, 0.6) is 5.88 Å². The second kappa shape index (κ2) is 7.30. The molecule has 0 atom stereocenters. The number of hydrogen-bond acceptors (Lipinski definition) is 3. The smallest absolute Gasteiger partial charge is 0.232 e. The second-order valence-corrected chi connectivity index (χ2v) is 4.37. The largest absolute Gasteiger partial charge is 0.476 e. The van der Waals surface area contributed by atoms with Crippen molar-refractivity contribution in [2.45, 2.75) is 26.8 Å². The van der Waals surface area contributed by atoms with Crippen molar-refractivity contribution in [1.29, 1.82) is 0 Å². The van der Waals surface area contributed by atoms with Crippen LogP contribution in [-0.4, -0.2) is 18.1 Å². The third-order valence-corrected chi connectivity index (χ3v) is 2.48. The highest BCUT2D eigenvalue weighted by atomic mass is 35.5. The maximum absolute atomic E-state index is 6.09. The Hall–Kier alpha value is -1.06. The maximum atomic E-state index is 6.09. The minimum atomic E-state index is 0.494. The summed E-state index contributed by atoms with van der Waals surface area (Å²) in [5.74, 6) is 0.494. The van der Waals surface area contributed by atoms with E-state index in [0.29, 0.717) is 17.5 Å². The Balaban J connectivity index is 2.53. The lowest BCUT2D eigenvalue weighted by Crippen LogP contribution is -2.12. The lowest BCUT2D eigenvalue weighted by atomic mass is 10.2. The van der Waals surface area contributed by atoms with Crippen molar-refractivity contribution in [3.63, 3.8) is 0 Å². The highest BCUT2D eigenvalue weighted by Gasteiger charge is 2.04. The first-order chi connectivity index (χ1) is 8.13. The lowest BCUT2D eigenvalue weighted by Gasteiger charge is -2.08. The molecular formula is C13H19ClN2O. The van der Waals surface area contributed by atoms with Gasteiger partial charge in [-0.3, -0.25) is 0 Å². The van der Waals surface area contributed by atoms with Gasteiger partial charge in [0.2, 0.25) is 5.88 Å². The molecule has 1 aromatic rings. The van der Waals surface area contributed by atoms with Gasteiger partial charge in [0.05, 0.1) is 6.61 Å². The van der Waals surface area contributed by atoms with Crippen LogP contribution in [0.1, 0.15) is 25.8 Å². The first-order valence-corrected chi connectivity index (χ1v) is 6.13. The molecule has 0 radical (unpaired) electrons. The monoisotopic (exact) mass is 254 g/mol. The summed E-state index contributed by atoms with van der Waals surface area (Å²) in [6.07, 6.45) is 2.60. The van der Waals surface area contributed by atoms with Crippen molar-refractivity contribution in [2.75, 3.05) is 13.2 Å². The van der Waals surface area contributed by atoms with Crippen molar-refractivity contribution in [3.05, 3.63) is 35.0 Å². The van der Waals surface area contributed by atoms with Crippen LogP contribution in [0.15, 0.2) is 24.4 Å². The Labute approximate surface area is 108 Å². The maximum Gasteiger partial charge on any atom is 0.232 e. The zero-order chi connectivity index (χ0) is 12.7. The highest BCUT2D eigenvalue weighted by Crippen LogP contribution is 2.22. The molecule has 3 nitrogen and oxygen atoms in total. The van der Waals surface area contributed by atoms with Crippen LogP contribution in [0.25, 0.3) is 0 Å². The zero-order valence-corrected chi connectivity index (χ0v) is 11.2. The molecular weight excluding hydrogens is 236 g/mol. The number of halogens is 1. The summed E-state index contributed by atoms with van der Waals surface area (Å²) in [6.45, 7) is 10.1. The Morgan fingerprint density at radius 2 is 2.35 bits per heavy atom. The number of nitrogens with one attached hydrogen (secondary N) is 1. The van der Waals surface area contributed by atoms with Crippen LogP contribution >= 0.6 is 11.6 Å². The molecule has 0 unspecified atom stereocenters. The molecule has 0 saturated carbocycles. The van der Waals surface area contributed by atoms with Gasteiger partial charge in [-0.05, 0) is 25.1 Å². The minimum absolute atomic E-state index is 0.494. The fourth-order valence-electron chi connectivity index (χ4n) is 1.26. The quantitative estimate of drug-likeness (QED) is 0.759. The van der Waals surface area contributed by atoms with Gasteiger partial charge in [0, 0.05) is 19.2 Å². The van der Waals surface area contributed by atoms with Crippen LogP contribution in [-0.2, 0) is 6.54 Å². The molecule has 0 fully saturated rings. The molecule has 0 aliphatic carbocycles. The average molecular weight is 255 g/mol. The average Bonchev–Trinajstić information content (AvgIpc) is 2.28. The third kappa shape index (κ3) is 5.20. The molecule has 4 heteroatoms. The minimum Gasteiger partial charge on any atom is -0.476 e. The topological polar surface area (TPSA) is 34.1 Å². The molecule has 94 valence electrons. The van der Waals surface area contributed by atoms with Crippen molar-refractivity contribution in [1.82, 2.24) is 10.3 Å². The van der Waals surface area contributed by atoms with E-state index in [2.05, 4.69) is 23.8 Å². The van der Waals surface area contributed by atoms with E-state index in [1.807, 2.05) is 13.0 Å². The SMILES string of the molecule is C=C(C)CCOc1ncc(CNCC)cc1Cl. The molecule has 1 aromatic heterocycles. The summed E-state index contributed by atoms with van der Waals surface area (Å²) in [4.78, 5) is 4.20. The second-order valence-electron chi connectivity index (χ2n) is 3.97. The highest BCUT2D eigenvalue weighted by molar-refractivity contribution is 6.31. The molecule has 0 bridgehead atoms. The molecule has 0 spiro atoms. The van der Waals surface area contributed by atoms with E-state index in [1.54, 1.807) is 6.20 Å². The lowest BCUT2D eigenvalue weighted by molar-refractivity contribution is 0.309. The van der Waals surface area contributed by atoms with E-state index in [9.17, 15) is 0 Å². The van der Waals surface area contributed by atoms with Crippen molar-refractivity contribution >= 4 is 11.6 Å². The Bertz CT molecular complexity index is 380. The van der Waals surface area contributed by atoms with Gasteiger partial charge in [0.15, 0.2) is 0 Å². The molecule has 0 saturated heterocycles. The van der Waals surface area contributed by atoms with Gasteiger partial charge in [-0.15, -0.1) is 6.58 Å². The molecule has 0 aliphatic heterocycles. The van der Waals surface area contributed by atoms with E-state index in [1.165, 1.54) is 0 Å². The van der Waals surface area contributed by atoms with Crippen molar-refractivity contribution in [3.8, 4) is 5.88 Å². The van der Waals surface area contributed by atoms with Crippen LogP contribution in [0.4, 0.5) is 0 Å². The standard InChI is InChI=1S/C13H19ClN2O/c1-4-15-8-11-7-12(14)13(16-9-11)17-6-5-10(2)3/h7,9,15H,2,4-6,8H2,1,3H3. The van der Waals surface area contributed by atoms with Crippen LogP contribution < -0.4 is 10.1 Å². The Kier molecular flexibility index (Phi) is 6.01. The van der Waals surface area contributed by atoms with Gasteiger partial charge in [-0.25, -0.2) is 4.98 Å². The number of hydrogen-bond donors (Lipinski definition) is 1. The molecule has 0 aliphatic rings. The summed E-state index contributed by atoms with van der Waals surface area (Å²) >= 11 is 6.09. The number of aromatic nitrogens is 1. The zero-order valence-electron chi connectivity index (χ0n) is 10.4. The third-order valence-electron chi connectivity index (χ3n) is 2.21. The summed E-state index contributed by atoms with van der Waals surface area (Å²) in [6, 6.07) is 1.88. The van der Waals surface area contributed by atoms with E-state index in [0.717, 1.165) is 30.6 Å². The summed E-state index contributed by atoms with van der Waals surface area (Å²) in [5, 5.41) is 3.78. The molecule has 1 rings (SSSR count). The summed E-state index contributed by atoms with van der Waals surface area (Å²) in [5.41, 5.74) is 2.15. The molecule has 17 heavy (non-hydrogen) atoms. The van der Waals surface area contributed by atoms with Gasteiger partial charge < -0.3 is 10.1 Å². The number of pyridine rings is 1. The predicted molar refractivity (Wildman–Crippen MR) is 71.6 cm³/mol. The van der Waals surface area contributed by atoms with Gasteiger partial charge in [-0.2, -0.15) is 0 Å². The van der Waals surface area contributed by atoms with E-state index < -0.39 is 0 Å². The van der Waals surface area contributed by atoms with Crippen molar-refractivity contribution in [2.24, 2.45) is 0 Å². The molecule has 1 heterocycles. The summed E-state index contributed by atoms with van der Waals surface area (Å²) < 4.78 is 5.48. The first-order valence-electron chi connectivity index (χ1n) is 5.75. The predicted octanol–water partition coefficient (Wildman–Crippen LogP) is 3.19. The first kappa shape index (κ1) is 14.0. The normalized spacial score (nSPS) is 10.3. The fourth-order valence-corrected chi connectivity index (χ4v) is 1.50. The van der Waals surface area contributed by atoms with Crippen LogP contribution in [0.2, 0.25) is 5.02 Å². The van der Waals surface area contributed by atoms with E-state index in [4.69, 9.17) is 16.3 Å². The van der Waals surface area contributed by atoms with Gasteiger partial charge >= 0.3 is 0 Å². The molecule has 0 amide bonds. The molecule has 1 N–H and O–H groups in total. The molecule has 0 aromatic carbocycles. The van der Waals surface area contributed by atoms with Gasteiger partial charge in [0.1, 0.15) is 5.02 Å². The fraction of sp³-hybridized carbons (Fsp3) is 0.462. The van der Waals surface area contributed by atoms with Crippen LogP contribution in [0, 0.1) is 0 Å². The summed E-state index contributed by atoms with van der Waals surface area (Å²) in [7, 11) is 0. The van der Waals surface area contributed by atoms with Crippen molar-refractivity contribution < 1.29 is 4.74 Å². The Morgan fingerprint density at radius 1 is 1.59 bits per heavy atom. The van der Waals surface area contributed by atoms with Gasteiger partial charge in [0.25, 0.3) is 0 Å². The van der Waals surface area contributed by atoms with Crippen LogP contribution in [0.3, 0.4) is 0 Å². The number of rotatable bonds is 7.